The van der Waals surface area contributed by atoms with E-state index in [0.29, 0.717) is 0 Å². The maximum absolute atomic E-state index is 5.48. The van der Waals surface area contributed by atoms with E-state index in [-0.39, 0.29) is 0 Å². The van der Waals surface area contributed by atoms with Gasteiger partial charge in [-0.1, -0.05) is 44.4 Å². The normalized spacial score (nSPS) is 16.9. The van der Waals surface area contributed by atoms with Gasteiger partial charge in [-0.15, -0.1) is 0 Å². The van der Waals surface area contributed by atoms with Crippen molar-refractivity contribution in [2.45, 2.75) is 39.0 Å². The minimum Gasteiger partial charge on any atom is -0.496 e. The molecule has 0 aliphatic heterocycles. The van der Waals surface area contributed by atoms with Crippen LogP contribution in [0.1, 0.15) is 38.2 Å². The molecule has 1 aliphatic carbocycles. The first kappa shape index (κ1) is 14.4. The molecule has 0 heterocycles. The van der Waals surface area contributed by atoms with Gasteiger partial charge in [-0.25, -0.2) is 0 Å². The summed E-state index contributed by atoms with van der Waals surface area (Å²) >= 11 is 0. The SMILES string of the molecule is CCCNCC(Cc1ccccc1OC)C1CCC1. The molecule has 2 rings (SSSR count). The first-order valence-electron chi connectivity index (χ1n) is 7.67. The second kappa shape index (κ2) is 7.54. The molecule has 0 saturated heterocycles. The molecule has 1 aromatic carbocycles. The Morgan fingerprint density at radius 2 is 2.11 bits per heavy atom. The van der Waals surface area contributed by atoms with Gasteiger partial charge >= 0.3 is 0 Å². The molecule has 0 amide bonds. The van der Waals surface area contributed by atoms with Crippen LogP contribution in [0.3, 0.4) is 0 Å². The molecule has 0 bridgehead atoms. The van der Waals surface area contributed by atoms with Gasteiger partial charge in [-0.05, 0) is 49.4 Å². The molecule has 2 heteroatoms. The fourth-order valence-electron chi connectivity index (χ4n) is 2.94. The highest BCUT2D eigenvalue weighted by molar-refractivity contribution is 5.33. The Kier molecular flexibility index (Phi) is 5.71. The van der Waals surface area contributed by atoms with Gasteiger partial charge < -0.3 is 10.1 Å². The fourth-order valence-corrected chi connectivity index (χ4v) is 2.94. The highest BCUT2D eigenvalue weighted by atomic mass is 16.5. The summed E-state index contributed by atoms with van der Waals surface area (Å²) < 4.78 is 5.48. The lowest BCUT2D eigenvalue weighted by Gasteiger charge is -2.34. The number of ether oxygens (including phenoxy) is 1. The molecule has 19 heavy (non-hydrogen) atoms. The molecule has 1 N–H and O–H groups in total. The molecule has 1 atom stereocenters. The maximum atomic E-state index is 5.48. The molecular formula is C17H27NO. The molecular weight excluding hydrogens is 234 g/mol. The lowest BCUT2D eigenvalue weighted by Crippen LogP contribution is -2.33. The molecule has 0 aromatic heterocycles. The van der Waals surface area contributed by atoms with Crippen molar-refractivity contribution in [1.29, 1.82) is 0 Å². The highest BCUT2D eigenvalue weighted by Gasteiger charge is 2.27. The lowest BCUT2D eigenvalue weighted by atomic mass is 9.73. The number of rotatable bonds is 8. The standard InChI is InChI=1S/C17H27NO/c1-3-11-18-13-16(14-8-6-9-14)12-15-7-4-5-10-17(15)19-2/h4-5,7,10,14,16,18H,3,6,8-9,11-13H2,1-2H3. The Morgan fingerprint density at radius 3 is 2.74 bits per heavy atom. The van der Waals surface area contributed by atoms with E-state index in [1.54, 1.807) is 7.11 Å². The Hall–Kier alpha value is -1.02. The van der Waals surface area contributed by atoms with Gasteiger partial charge in [0, 0.05) is 0 Å². The zero-order chi connectivity index (χ0) is 13.5. The molecule has 2 nitrogen and oxygen atoms in total. The number of nitrogens with one attached hydrogen (secondary N) is 1. The third kappa shape index (κ3) is 3.97. The first-order chi connectivity index (χ1) is 9.35. The Morgan fingerprint density at radius 1 is 1.32 bits per heavy atom. The summed E-state index contributed by atoms with van der Waals surface area (Å²) in [7, 11) is 1.77. The van der Waals surface area contributed by atoms with E-state index >= 15 is 0 Å². The van der Waals surface area contributed by atoms with Crippen molar-refractivity contribution < 1.29 is 4.74 Å². The van der Waals surface area contributed by atoms with E-state index in [1.165, 1.54) is 31.2 Å². The third-order valence-electron chi connectivity index (χ3n) is 4.32. The van der Waals surface area contributed by atoms with Gasteiger partial charge in [0.2, 0.25) is 0 Å². The smallest absolute Gasteiger partial charge is 0.122 e. The van der Waals surface area contributed by atoms with Gasteiger partial charge in [0.05, 0.1) is 7.11 Å². The Balaban J connectivity index is 1.97. The summed E-state index contributed by atoms with van der Waals surface area (Å²) in [6, 6.07) is 8.46. The van der Waals surface area contributed by atoms with E-state index < -0.39 is 0 Å². The van der Waals surface area contributed by atoms with E-state index in [4.69, 9.17) is 4.74 Å². The van der Waals surface area contributed by atoms with Crippen molar-refractivity contribution in [3.63, 3.8) is 0 Å². The van der Waals surface area contributed by atoms with E-state index in [2.05, 4.69) is 36.5 Å². The molecule has 1 fully saturated rings. The van der Waals surface area contributed by atoms with E-state index in [9.17, 15) is 0 Å². The van der Waals surface area contributed by atoms with Crippen LogP contribution in [0, 0.1) is 11.8 Å². The average molecular weight is 261 g/mol. The topological polar surface area (TPSA) is 21.3 Å². The van der Waals surface area contributed by atoms with Crippen LogP contribution < -0.4 is 10.1 Å². The van der Waals surface area contributed by atoms with Gasteiger partial charge in [-0.2, -0.15) is 0 Å². The number of hydrogen-bond acceptors (Lipinski definition) is 2. The number of para-hydroxylation sites is 1. The van der Waals surface area contributed by atoms with Crippen molar-refractivity contribution in [3.8, 4) is 5.75 Å². The predicted octanol–water partition coefficient (Wildman–Crippen LogP) is 3.65. The monoisotopic (exact) mass is 261 g/mol. The van der Waals surface area contributed by atoms with Gasteiger partial charge in [0.25, 0.3) is 0 Å². The molecule has 1 aliphatic rings. The van der Waals surface area contributed by atoms with Crippen molar-refractivity contribution in [1.82, 2.24) is 5.32 Å². The zero-order valence-corrected chi connectivity index (χ0v) is 12.3. The zero-order valence-electron chi connectivity index (χ0n) is 12.3. The van der Waals surface area contributed by atoms with Crippen LogP contribution in [0.2, 0.25) is 0 Å². The maximum Gasteiger partial charge on any atom is 0.122 e. The van der Waals surface area contributed by atoms with E-state index in [1.807, 2.05) is 0 Å². The molecule has 106 valence electrons. The second-order valence-electron chi connectivity index (χ2n) is 5.67. The van der Waals surface area contributed by atoms with Crippen molar-refractivity contribution in [2.24, 2.45) is 11.8 Å². The molecule has 0 spiro atoms. The number of benzene rings is 1. The third-order valence-corrected chi connectivity index (χ3v) is 4.32. The fraction of sp³-hybridized carbons (Fsp3) is 0.647. The molecule has 0 radical (unpaired) electrons. The number of methoxy groups -OCH3 is 1. The lowest BCUT2D eigenvalue weighted by molar-refractivity contribution is 0.199. The largest absolute Gasteiger partial charge is 0.496 e. The van der Waals surface area contributed by atoms with Crippen LogP contribution >= 0.6 is 0 Å². The summed E-state index contributed by atoms with van der Waals surface area (Å²) in [5, 5.41) is 3.60. The van der Waals surface area contributed by atoms with E-state index in [0.717, 1.165) is 37.1 Å². The minimum atomic E-state index is 0.761. The van der Waals surface area contributed by atoms with Gasteiger partial charge in [-0.3, -0.25) is 0 Å². The first-order valence-corrected chi connectivity index (χ1v) is 7.67. The Labute approximate surface area is 117 Å². The summed E-state index contributed by atoms with van der Waals surface area (Å²) in [5.41, 5.74) is 1.36. The summed E-state index contributed by atoms with van der Waals surface area (Å²) in [4.78, 5) is 0. The van der Waals surface area contributed by atoms with Crippen LogP contribution in [-0.4, -0.2) is 20.2 Å². The summed E-state index contributed by atoms with van der Waals surface area (Å²) in [6.45, 7) is 4.51. The van der Waals surface area contributed by atoms with Crippen molar-refractivity contribution >= 4 is 0 Å². The van der Waals surface area contributed by atoms with Crippen LogP contribution in [0.5, 0.6) is 5.75 Å². The van der Waals surface area contributed by atoms with Crippen LogP contribution in [0.4, 0.5) is 0 Å². The van der Waals surface area contributed by atoms with Crippen LogP contribution in [0.15, 0.2) is 24.3 Å². The van der Waals surface area contributed by atoms with Gasteiger partial charge in [0.1, 0.15) is 5.75 Å². The molecule has 1 aromatic rings. The molecule has 1 unspecified atom stereocenters. The summed E-state index contributed by atoms with van der Waals surface area (Å²) in [6.07, 6.45) is 6.60. The van der Waals surface area contributed by atoms with Gasteiger partial charge in [0.15, 0.2) is 0 Å². The predicted molar refractivity (Wildman–Crippen MR) is 80.7 cm³/mol. The Bertz CT molecular complexity index is 373. The second-order valence-corrected chi connectivity index (χ2v) is 5.67. The quantitative estimate of drug-likeness (QED) is 0.721. The minimum absolute atomic E-state index is 0.761. The van der Waals surface area contributed by atoms with Crippen molar-refractivity contribution in [3.05, 3.63) is 29.8 Å². The van der Waals surface area contributed by atoms with Crippen LogP contribution in [0.25, 0.3) is 0 Å². The molecule has 1 saturated carbocycles. The number of hydrogen-bond donors (Lipinski definition) is 1. The van der Waals surface area contributed by atoms with Crippen LogP contribution in [-0.2, 0) is 6.42 Å². The van der Waals surface area contributed by atoms with Crippen molar-refractivity contribution in [2.75, 3.05) is 20.2 Å². The average Bonchev–Trinajstić information content (AvgIpc) is 2.37. The highest BCUT2D eigenvalue weighted by Crippen LogP contribution is 2.36. The summed E-state index contributed by atoms with van der Waals surface area (Å²) in [5.74, 6) is 2.72.